The largest absolute Gasteiger partial charge is 0.456 e. The van der Waals surface area contributed by atoms with Crippen LogP contribution in [0.1, 0.15) is 45.2 Å². The van der Waals surface area contributed by atoms with Crippen LogP contribution in [0.25, 0.3) is 33.8 Å². The number of pyridine rings is 1. The van der Waals surface area contributed by atoms with E-state index in [4.69, 9.17) is 18.9 Å². The van der Waals surface area contributed by atoms with Crippen LogP contribution in [0.15, 0.2) is 129 Å². The molecular formula is C51H46F4N16O7. The monoisotopic (exact) mass is 1070 g/mol. The predicted octanol–water partition coefficient (Wildman–Crippen LogP) is 7.90. The molecule has 0 spiro atoms. The number of aliphatic hydroxyl groups excluding tert-OH is 1. The normalized spacial score (nSPS) is 14.1. The van der Waals surface area contributed by atoms with Crippen molar-refractivity contribution in [1.29, 1.82) is 0 Å². The number of fused-ring (bicyclic) bond motifs is 2. The van der Waals surface area contributed by atoms with Gasteiger partial charge in [-0.1, -0.05) is 0 Å². The summed E-state index contributed by atoms with van der Waals surface area (Å²) in [6.45, 7) is -5.50. The van der Waals surface area contributed by atoms with Gasteiger partial charge in [0.15, 0.2) is 17.0 Å². The van der Waals surface area contributed by atoms with Crippen LogP contribution in [0, 0.1) is 0 Å². The number of nitrogens with one attached hydrogen (secondary N) is 2. The van der Waals surface area contributed by atoms with Crippen molar-refractivity contribution in [3.8, 4) is 57.0 Å². The molecule has 23 nitrogen and oxygen atoms in total. The number of amides is 2. The first-order valence-electron chi connectivity index (χ1n) is 23.7. The van der Waals surface area contributed by atoms with Crippen molar-refractivity contribution >= 4 is 34.5 Å². The number of hydrogen-bond acceptors (Lipinski definition) is 16. The third-order valence-corrected chi connectivity index (χ3v) is 11.9. The van der Waals surface area contributed by atoms with Crippen LogP contribution in [0.5, 0.6) is 34.5 Å². The minimum Gasteiger partial charge on any atom is -0.456 e. The van der Waals surface area contributed by atoms with Crippen LogP contribution in [-0.2, 0) is 20.6 Å². The van der Waals surface area contributed by atoms with Gasteiger partial charge in [0.25, 0.3) is 11.8 Å². The van der Waals surface area contributed by atoms with Crippen LogP contribution < -0.4 is 29.6 Å². The molecule has 1 fully saturated rings. The van der Waals surface area contributed by atoms with Crippen molar-refractivity contribution in [2.75, 3.05) is 24.7 Å². The maximum absolute atomic E-state index is 13.3. The molecule has 3 N–H and O–H groups in total. The number of aromatic nitrogens is 13. The van der Waals surface area contributed by atoms with Gasteiger partial charge >= 0.3 is 13.2 Å². The van der Waals surface area contributed by atoms with Crippen LogP contribution in [-0.4, -0.2) is 119 Å². The number of benzene rings is 2. The van der Waals surface area contributed by atoms with Gasteiger partial charge < -0.3 is 39.6 Å². The van der Waals surface area contributed by atoms with Crippen molar-refractivity contribution in [2.45, 2.75) is 44.8 Å². The maximum Gasteiger partial charge on any atom is 0.387 e. The first-order valence-corrected chi connectivity index (χ1v) is 23.7. The molecule has 0 bridgehead atoms. The smallest absolute Gasteiger partial charge is 0.387 e. The molecule has 2 aromatic carbocycles. The third-order valence-electron chi connectivity index (χ3n) is 11.9. The molecule has 8 aromatic heterocycles. The van der Waals surface area contributed by atoms with E-state index in [1.54, 1.807) is 86.7 Å². The molecule has 0 radical (unpaired) electrons. The summed E-state index contributed by atoms with van der Waals surface area (Å²) in [6, 6.07) is 13.8. The van der Waals surface area contributed by atoms with E-state index in [9.17, 15) is 32.3 Å². The standard InChI is InChI=1S/C26H24F2N8O3.C25H22F2N8O4/c1-34(2)14-16-9-18(12-29-11-16)38-17-5-6-22(39-26(27)28)19(10-17)23-21(15-35(3)33-23)32-25(37)20-13-31-36-8-4-7-30-24(20)36;1-33-13-18(31-24(37)17-11-30-34-8-2-7-28-23(17)34)22(32-33)16-9-14(3-6-21(16)39-25(26)27)38-15-10-29-35(12-15)19-4-5-20(19)36/h4-13,15,26H,14H2,1-3H3,(H,32,37);2-3,6-13,19-20,25,36H,4-5H2,1H3,(H,31,37). The fraction of sp³-hybridized carbons (Fsp3) is 0.216. The molecule has 10 aromatic rings. The van der Waals surface area contributed by atoms with E-state index in [1.165, 1.54) is 73.4 Å². The van der Waals surface area contributed by atoms with Gasteiger partial charge in [0.1, 0.15) is 51.3 Å². The van der Waals surface area contributed by atoms with Crippen LogP contribution in [0.3, 0.4) is 0 Å². The van der Waals surface area contributed by atoms with E-state index in [1.807, 2.05) is 25.1 Å². The molecule has 8 heterocycles. The minimum atomic E-state index is -3.09. The van der Waals surface area contributed by atoms with Gasteiger partial charge in [0.2, 0.25) is 0 Å². The summed E-state index contributed by atoms with van der Waals surface area (Å²) in [6.07, 6.45) is 19.8. The van der Waals surface area contributed by atoms with E-state index >= 15 is 0 Å². The van der Waals surface area contributed by atoms with Gasteiger partial charge in [0, 0.05) is 64.0 Å². The fourth-order valence-corrected chi connectivity index (χ4v) is 8.40. The van der Waals surface area contributed by atoms with Gasteiger partial charge in [-0.25, -0.2) is 19.0 Å². The number of anilines is 2. The van der Waals surface area contributed by atoms with Crippen molar-refractivity contribution in [2.24, 2.45) is 14.1 Å². The summed E-state index contributed by atoms with van der Waals surface area (Å²) in [7, 11) is 7.16. The molecule has 400 valence electrons. The first kappa shape index (κ1) is 51.7. The SMILES string of the molecule is CN(C)Cc1cncc(Oc2ccc(OC(F)F)c(-c3nn(C)cc3NC(=O)c3cnn4cccnc34)c2)c1.Cn1cc(NC(=O)c2cnn3cccnc23)c(-c2cc(Oc3cnn(C4CCC4O)c3)ccc2OC(F)F)n1. The zero-order valence-electron chi connectivity index (χ0n) is 41.7. The van der Waals surface area contributed by atoms with E-state index in [-0.39, 0.29) is 62.6 Å². The number of halogens is 4. The van der Waals surface area contributed by atoms with Gasteiger partial charge in [-0.05, 0) is 87.1 Å². The third kappa shape index (κ3) is 11.5. The van der Waals surface area contributed by atoms with Crippen LogP contribution >= 0.6 is 0 Å². The summed E-state index contributed by atoms with van der Waals surface area (Å²) in [5.41, 5.74) is 3.38. The number of ether oxygens (including phenoxy) is 4. The molecule has 2 atom stereocenters. The van der Waals surface area contributed by atoms with Crippen molar-refractivity contribution in [3.05, 3.63) is 146 Å². The number of aryl methyl sites for hydroxylation is 2. The fourth-order valence-electron chi connectivity index (χ4n) is 8.40. The number of carbonyl (C=O) groups excluding carboxylic acids is 2. The summed E-state index contributed by atoms with van der Waals surface area (Å²) in [5, 5.41) is 36.8. The van der Waals surface area contributed by atoms with E-state index in [0.717, 1.165) is 12.0 Å². The topological polar surface area (TPSA) is 245 Å². The molecule has 0 saturated heterocycles. The molecular weight excluding hydrogens is 1020 g/mol. The Labute approximate surface area is 439 Å². The second-order valence-corrected chi connectivity index (χ2v) is 17.8. The Bertz CT molecular complexity index is 3780. The molecule has 1 saturated carbocycles. The second kappa shape index (κ2) is 22.2. The average molecular weight is 1070 g/mol. The summed E-state index contributed by atoms with van der Waals surface area (Å²) >= 11 is 0. The molecule has 2 unspecified atom stereocenters. The van der Waals surface area contributed by atoms with Gasteiger partial charge in [-0.2, -0.15) is 43.1 Å². The number of rotatable bonds is 17. The highest BCUT2D eigenvalue weighted by atomic mass is 19.3. The van der Waals surface area contributed by atoms with Crippen molar-refractivity contribution < 1.29 is 51.2 Å². The Morgan fingerprint density at radius 2 is 1.22 bits per heavy atom. The zero-order valence-corrected chi connectivity index (χ0v) is 41.7. The Balaban J connectivity index is 0.000000176. The Morgan fingerprint density at radius 3 is 1.71 bits per heavy atom. The zero-order chi connectivity index (χ0) is 54.6. The average Bonchev–Trinajstić information content (AvgIpc) is 4.38. The lowest BCUT2D eigenvalue weighted by molar-refractivity contribution is -0.0501. The number of hydrogen-bond donors (Lipinski definition) is 3. The van der Waals surface area contributed by atoms with Gasteiger partial charge in [-0.15, -0.1) is 0 Å². The number of aliphatic hydroxyl groups is 1. The van der Waals surface area contributed by atoms with E-state index in [2.05, 4.69) is 51.1 Å². The summed E-state index contributed by atoms with van der Waals surface area (Å²) < 4.78 is 82.0. The molecule has 2 amide bonds. The van der Waals surface area contributed by atoms with Crippen LogP contribution in [0.4, 0.5) is 28.9 Å². The summed E-state index contributed by atoms with van der Waals surface area (Å²) in [5.74, 6) is 0.217. The quantitative estimate of drug-likeness (QED) is 0.0734. The molecule has 27 heteroatoms. The lowest BCUT2D eigenvalue weighted by atomic mass is 9.89. The Morgan fingerprint density at radius 1 is 0.679 bits per heavy atom. The Kier molecular flexibility index (Phi) is 14.7. The van der Waals surface area contributed by atoms with Crippen molar-refractivity contribution in [1.82, 2.24) is 68.4 Å². The molecule has 11 rings (SSSR count). The second-order valence-electron chi connectivity index (χ2n) is 17.8. The molecule has 0 aliphatic heterocycles. The molecule has 1 aliphatic carbocycles. The first-order chi connectivity index (χ1) is 37.6. The highest BCUT2D eigenvalue weighted by Gasteiger charge is 2.31. The lowest BCUT2D eigenvalue weighted by Crippen LogP contribution is -2.33. The number of nitrogens with zero attached hydrogens (tertiary/aromatic N) is 14. The highest BCUT2D eigenvalue weighted by Crippen LogP contribution is 2.41. The van der Waals surface area contributed by atoms with E-state index in [0.29, 0.717) is 47.3 Å². The highest BCUT2D eigenvalue weighted by molar-refractivity contribution is 6.10. The van der Waals surface area contributed by atoms with Crippen LogP contribution in [0.2, 0.25) is 0 Å². The maximum atomic E-state index is 13.3. The predicted molar refractivity (Wildman–Crippen MR) is 271 cm³/mol. The number of carbonyl (C=O) groups is 2. The van der Waals surface area contributed by atoms with E-state index < -0.39 is 31.1 Å². The molecule has 78 heavy (non-hydrogen) atoms. The minimum absolute atomic E-state index is 0.109. The molecule has 1 aliphatic rings. The van der Waals surface area contributed by atoms with Crippen molar-refractivity contribution in [3.63, 3.8) is 0 Å². The number of alkyl halides is 4. The Hall–Kier alpha value is -9.76. The summed E-state index contributed by atoms with van der Waals surface area (Å²) in [4.78, 5) is 40.9. The van der Waals surface area contributed by atoms with Gasteiger partial charge in [-0.3, -0.25) is 28.6 Å². The van der Waals surface area contributed by atoms with Gasteiger partial charge in [0.05, 0.1) is 65.6 Å². The lowest BCUT2D eigenvalue weighted by Gasteiger charge is -2.32.